The molecule has 0 heterocycles. The van der Waals surface area contributed by atoms with Crippen LogP contribution in [0.1, 0.15) is 31.4 Å². The van der Waals surface area contributed by atoms with E-state index in [4.69, 9.17) is 0 Å². The van der Waals surface area contributed by atoms with Gasteiger partial charge in [-0.15, -0.1) is 0 Å². The van der Waals surface area contributed by atoms with Gasteiger partial charge in [-0.25, -0.2) is 4.79 Å². The summed E-state index contributed by atoms with van der Waals surface area (Å²) in [6, 6.07) is 4.86. The second kappa shape index (κ2) is 7.53. The maximum Gasteiger partial charge on any atom is 0.319 e. The van der Waals surface area contributed by atoms with E-state index < -0.39 is 6.04 Å². The van der Waals surface area contributed by atoms with Gasteiger partial charge in [-0.05, 0) is 38.3 Å². The molecular weight excluding hydrogens is 254 g/mol. The fourth-order valence-electron chi connectivity index (χ4n) is 1.82. The quantitative estimate of drug-likeness (QED) is 0.773. The topological polar surface area (TPSA) is 70.2 Å². The number of hydrogen-bond donors (Lipinski definition) is 3. The van der Waals surface area contributed by atoms with Crippen molar-refractivity contribution in [3.63, 3.8) is 0 Å². The fourth-order valence-corrected chi connectivity index (χ4v) is 1.82. The van der Waals surface area contributed by atoms with Gasteiger partial charge in [0.1, 0.15) is 6.04 Å². The lowest BCUT2D eigenvalue weighted by atomic mass is 10.1. The van der Waals surface area contributed by atoms with Crippen molar-refractivity contribution in [3.8, 4) is 0 Å². The average molecular weight is 277 g/mol. The number of benzene rings is 1. The van der Waals surface area contributed by atoms with E-state index in [1.54, 1.807) is 6.92 Å². The Balaban J connectivity index is 2.57. The number of hydrogen-bond acceptors (Lipinski definition) is 2. The Kier molecular flexibility index (Phi) is 6.03. The Hall–Kier alpha value is -2.04. The first kappa shape index (κ1) is 16.0. The molecule has 0 saturated heterocycles. The van der Waals surface area contributed by atoms with Crippen molar-refractivity contribution in [2.24, 2.45) is 0 Å². The number of rotatable bonds is 5. The number of carbonyl (C=O) groups is 2. The molecule has 0 fully saturated rings. The minimum absolute atomic E-state index is 0.177. The summed E-state index contributed by atoms with van der Waals surface area (Å²) < 4.78 is 0. The van der Waals surface area contributed by atoms with Gasteiger partial charge < -0.3 is 16.0 Å². The molecule has 0 spiro atoms. The summed E-state index contributed by atoms with van der Waals surface area (Å²) in [6.45, 7) is 8.12. The number of urea groups is 1. The Bertz CT molecular complexity index is 466. The van der Waals surface area contributed by atoms with Crippen LogP contribution in [0.5, 0.6) is 0 Å². The van der Waals surface area contributed by atoms with Gasteiger partial charge in [0.2, 0.25) is 5.91 Å². The summed E-state index contributed by atoms with van der Waals surface area (Å²) in [5, 5.41) is 8.16. The van der Waals surface area contributed by atoms with E-state index in [1.165, 1.54) is 0 Å². The minimum Gasteiger partial charge on any atom is -0.354 e. The summed E-state index contributed by atoms with van der Waals surface area (Å²) in [5.74, 6) is -0.177. The van der Waals surface area contributed by atoms with Crippen molar-refractivity contribution in [2.45, 2.75) is 40.2 Å². The molecule has 3 N–H and O–H groups in total. The molecule has 0 saturated carbocycles. The number of carbonyl (C=O) groups excluding carboxylic acids is 2. The standard InChI is InChI=1S/C15H23N3O2/c1-5-9-16-14(19)12(4)17-15(20)18-13-10(2)7-6-8-11(13)3/h6-8,12H,5,9H2,1-4H3,(H,16,19)(H2,17,18,20)/t12-/m0/s1. The molecule has 5 nitrogen and oxygen atoms in total. The Morgan fingerprint density at radius 2 is 1.80 bits per heavy atom. The third-order valence-corrected chi connectivity index (χ3v) is 3.01. The highest BCUT2D eigenvalue weighted by Gasteiger charge is 2.15. The number of amides is 3. The van der Waals surface area contributed by atoms with E-state index in [0.717, 1.165) is 23.2 Å². The fraction of sp³-hybridized carbons (Fsp3) is 0.467. The molecule has 0 unspecified atom stereocenters. The molecule has 1 aromatic rings. The van der Waals surface area contributed by atoms with Gasteiger partial charge in [-0.1, -0.05) is 25.1 Å². The molecule has 0 aliphatic rings. The SMILES string of the molecule is CCCNC(=O)[C@H](C)NC(=O)Nc1c(C)cccc1C. The van der Waals surface area contributed by atoms with Gasteiger partial charge in [0, 0.05) is 12.2 Å². The highest BCUT2D eigenvalue weighted by Crippen LogP contribution is 2.19. The van der Waals surface area contributed by atoms with Gasteiger partial charge in [-0.3, -0.25) is 4.79 Å². The van der Waals surface area contributed by atoms with Crippen molar-refractivity contribution in [2.75, 3.05) is 11.9 Å². The Morgan fingerprint density at radius 1 is 1.20 bits per heavy atom. The largest absolute Gasteiger partial charge is 0.354 e. The normalized spacial score (nSPS) is 11.6. The van der Waals surface area contributed by atoms with Crippen LogP contribution in [-0.2, 0) is 4.79 Å². The first-order valence-corrected chi connectivity index (χ1v) is 6.87. The van der Waals surface area contributed by atoms with Crippen molar-refractivity contribution < 1.29 is 9.59 Å². The molecule has 110 valence electrons. The first-order valence-electron chi connectivity index (χ1n) is 6.87. The summed E-state index contributed by atoms with van der Waals surface area (Å²) in [5.41, 5.74) is 2.76. The maximum absolute atomic E-state index is 11.9. The van der Waals surface area contributed by atoms with E-state index in [9.17, 15) is 9.59 Å². The van der Waals surface area contributed by atoms with Crippen LogP contribution in [0.2, 0.25) is 0 Å². The van der Waals surface area contributed by atoms with Gasteiger partial charge in [0.05, 0.1) is 0 Å². The first-order chi connectivity index (χ1) is 9.45. The number of anilines is 1. The molecule has 1 atom stereocenters. The number of aryl methyl sites for hydroxylation is 2. The van der Waals surface area contributed by atoms with Crippen LogP contribution in [0.4, 0.5) is 10.5 Å². The van der Waals surface area contributed by atoms with E-state index in [1.807, 2.05) is 39.0 Å². The smallest absolute Gasteiger partial charge is 0.319 e. The highest BCUT2D eigenvalue weighted by molar-refractivity contribution is 5.94. The van der Waals surface area contributed by atoms with Crippen LogP contribution in [0.3, 0.4) is 0 Å². The van der Waals surface area contributed by atoms with Crippen molar-refractivity contribution in [3.05, 3.63) is 29.3 Å². The van der Waals surface area contributed by atoms with E-state index in [-0.39, 0.29) is 11.9 Å². The van der Waals surface area contributed by atoms with Crippen LogP contribution in [-0.4, -0.2) is 24.5 Å². The minimum atomic E-state index is -0.564. The second-order valence-electron chi connectivity index (χ2n) is 4.88. The molecule has 1 aromatic carbocycles. The van der Waals surface area contributed by atoms with Crippen LogP contribution >= 0.6 is 0 Å². The van der Waals surface area contributed by atoms with Crippen LogP contribution in [0.25, 0.3) is 0 Å². The summed E-state index contributed by atoms with van der Waals surface area (Å²) in [6.07, 6.45) is 0.868. The molecular formula is C15H23N3O2. The molecule has 20 heavy (non-hydrogen) atoms. The molecule has 0 aliphatic heterocycles. The average Bonchev–Trinajstić information content (AvgIpc) is 2.40. The van der Waals surface area contributed by atoms with E-state index in [2.05, 4.69) is 16.0 Å². The van der Waals surface area contributed by atoms with Crippen molar-refractivity contribution in [1.82, 2.24) is 10.6 Å². The highest BCUT2D eigenvalue weighted by atomic mass is 16.2. The van der Waals surface area contributed by atoms with Gasteiger partial charge in [0.25, 0.3) is 0 Å². The molecule has 0 radical (unpaired) electrons. The van der Waals surface area contributed by atoms with E-state index in [0.29, 0.717) is 6.54 Å². The van der Waals surface area contributed by atoms with E-state index >= 15 is 0 Å². The molecule has 0 aliphatic carbocycles. The monoisotopic (exact) mass is 277 g/mol. The lowest BCUT2D eigenvalue weighted by Crippen LogP contribution is -2.46. The number of nitrogens with one attached hydrogen (secondary N) is 3. The number of para-hydroxylation sites is 1. The summed E-state index contributed by atoms with van der Waals surface area (Å²) in [4.78, 5) is 23.6. The van der Waals surface area contributed by atoms with Gasteiger partial charge in [0.15, 0.2) is 0 Å². The van der Waals surface area contributed by atoms with Gasteiger partial charge in [-0.2, -0.15) is 0 Å². The van der Waals surface area contributed by atoms with Crippen LogP contribution < -0.4 is 16.0 Å². The zero-order valence-corrected chi connectivity index (χ0v) is 12.5. The van der Waals surface area contributed by atoms with Crippen LogP contribution in [0, 0.1) is 13.8 Å². The Labute approximate surface area is 120 Å². The third-order valence-electron chi connectivity index (χ3n) is 3.01. The zero-order chi connectivity index (χ0) is 15.1. The molecule has 1 rings (SSSR count). The van der Waals surface area contributed by atoms with Crippen LogP contribution in [0.15, 0.2) is 18.2 Å². The second-order valence-corrected chi connectivity index (χ2v) is 4.88. The lowest BCUT2D eigenvalue weighted by Gasteiger charge is -2.16. The Morgan fingerprint density at radius 3 is 2.35 bits per heavy atom. The van der Waals surface area contributed by atoms with Crippen molar-refractivity contribution in [1.29, 1.82) is 0 Å². The van der Waals surface area contributed by atoms with Crippen molar-refractivity contribution >= 4 is 17.6 Å². The predicted octanol–water partition coefficient (Wildman–Crippen LogP) is 2.34. The molecule has 0 bridgehead atoms. The molecule has 0 aromatic heterocycles. The maximum atomic E-state index is 11.9. The lowest BCUT2D eigenvalue weighted by molar-refractivity contribution is -0.122. The summed E-state index contributed by atoms with van der Waals surface area (Å²) >= 11 is 0. The summed E-state index contributed by atoms with van der Waals surface area (Å²) in [7, 11) is 0. The zero-order valence-electron chi connectivity index (χ0n) is 12.5. The third kappa shape index (κ3) is 4.57. The predicted molar refractivity (Wildman–Crippen MR) is 80.8 cm³/mol. The van der Waals surface area contributed by atoms with Gasteiger partial charge >= 0.3 is 6.03 Å². The molecule has 5 heteroatoms. The molecule has 3 amide bonds.